The first-order valence-corrected chi connectivity index (χ1v) is 9.05. The van der Waals surface area contributed by atoms with Crippen LogP contribution in [0.1, 0.15) is 36.2 Å². The van der Waals surface area contributed by atoms with Crippen LogP contribution < -0.4 is 11.1 Å². The van der Waals surface area contributed by atoms with Gasteiger partial charge in [0.2, 0.25) is 5.91 Å². The molecule has 0 aliphatic heterocycles. The third-order valence-corrected chi connectivity index (χ3v) is 5.79. The number of aryl methyl sites for hydroxylation is 2. The molecule has 4 unspecified atom stereocenters. The monoisotopic (exact) mass is 339 g/mol. The van der Waals surface area contributed by atoms with Crippen LogP contribution in [0.2, 0.25) is 0 Å². The van der Waals surface area contributed by atoms with Crippen molar-refractivity contribution in [3.63, 3.8) is 0 Å². The SMILES string of the molecule is Cc1cc(C)n(-c2ccc(CNC(=O)C3C4CCC(C4)C3N)cn2)n1. The zero-order valence-corrected chi connectivity index (χ0v) is 14.8. The lowest BCUT2D eigenvalue weighted by Gasteiger charge is -2.27. The van der Waals surface area contributed by atoms with Crippen LogP contribution in [0.3, 0.4) is 0 Å². The summed E-state index contributed by atoms with van der Waals surface area (Å²) in [4.78, 5) is 17.0. The van der Waals surface area contributed by atoms with Gasteiger partial charge in [-0.05, 0) is 62.6 Å². The van der Waals surface area contributed by atoms with E-state index in [1.54, 1.807) is 6.20 Å². The maximum Gasteiger partial charge on any atom is 0.225 e. The number of fused-ring (bicyclic) bond motifs is 2. The molecule has 2 aromatic heterocycles. The van der Waals surface area contributed by atoms with Gasteiger partial charge in [-0.3, -0.25) is 4.79 Å². The fourth-order valence-electron chi connectivity index (χ4n) is 4.54. The standard InChI is InChI=1S/C19H25N5O/c1-11-7-12(2)24(23-11)16-6-3-13(9-21-16)10-22-19(25)17-14-4-5-15(8-14)18(17)20/h3,6-7,9,14-15,17-18H,4-5,8,10,20H2,1-2H3,(H,22,25). The molecule has 2 fully saturated rings. The van der Waals surface area contributed by atoms with Gasteiger partial charge in [0, 0.05) is 24.5 Å². The molecule has 0 radical (unpaired) electrons. The average molecular weight is 339 g/mol. The summed E-state index contributed by atoms with van der Waals surface area (Å²) in [6, 6.07) is 5.98. The molecular formula is C19H25N5O. The lowest BCUT2D eigenvalue weighted by molar-refractivity contribution is -0.127. The van der Waals surface area contributed by atoms with E-state index in [9.17, 15) is 4.79 Å². The Hall–Kier alpha value is -2.21. The van der Waals surface area contributed by atoms with Crippen molar-refractivity contribution >= 4 is 5.91 Å². The highest BCUT2D eigenvalue weighted by atomic mass is 16.1. The van der Waals surface area contributed by atoms with Crippen LogP contribution in [0.15, 0.2) is 24.4 Å². The van der Waals surface area contributed by atoms with E-state index >= 15 is 0 Å². The van der Waals surface area contributed by atoms with Crippen LogP contribution in [0.25, 0.3) is 5.82 Å². The van der Waals surface area contributed by atoms with E-state index in [2.05, 4.69) is 15.4 Å². The Morgan fingerprint density at radius 1 is 1.32 bits per heavy atom. The van der Waals surface area contributed by atoms with Gasteiger partial charge < -0.3 is 11.1 Å². The third kappa shape index (κ3) is 2.95. The summed E-state index contributed by atoms with van der Waals surface area (Å²) in [5, 5.41) is 7.49. The quantitative estimate of drug-likeness (QED) is 0.890. The highest BCUT2D eigenvalue weighted by Gasteiger charge is 2.48. The minimum atomic E-state index is -0.0133. The Morgan fingerprint density at radius 2 is 2.12 bits per heavy atom. The van der Waals surface area contributed by atoms with Crippen molar-refractivity contribution in [1.82, 2.24) is 20.1 Å². The Kier molecular flexibility index (Phi) is 4.07. The van der Waals surface area contributed by atoms with Crippen LogP contribution in [0.5, 0.6) is 0 Å². The van der Waals surface area contributed by atoms with Gasteiger partial charge in [-0.25, -0.2) is 9.67 Å². The second-order valence-electron chi connectivity index (χ2n) is 7.52. The molecule has 3 N–H and O–H groups in total. The van der Waals surface area contributed by atoms with E-state index in [4.69, 9.17) is 5.73 Å². The summed E-state index contributed by atoms with van der Waals surface area (Å²) < 4.78 is 1.83. The normalized spacial score (nSPS) is 27.6. The molecule has 132 valence electrons. The van der Waals surface area contributed by atoms with Gasteiger partial charge in [0.15, 0.2) is 5.82 Å². The molecule has 2 saturated carbocycles. The topological polar surface area (TPSA) is 85.8 Å². The molecule has 2 aromatic rings. The van der Waals surface area contributed by atoms with Crippen LogP contribution in [-0.2, 0) is 11.3 Å². The van der Waals surface area contributed by atoms with Crippen molar-refractivity contribution in [3.05, 3.63) is 41.3 Å². The van der Waals surface area contributed by atoms with Gasteiger partial charge >= 0.3 is 0 Å². The first-order valence-electron chi connectivity index (χ1n) is 9.05. The van der Waals surface area contributed by atoms with E-state index in [1.165, 1.54) is 6.42 Å². The lowest BCUT2D eigenvalue weighted by atomic mass is 9.84. The number of carbonyl (C=O) groups is 1. The van der Waals surface area contributed by atoms with Crippen molar-refractivity contribution in [1.29, 1.82) is 0 Å². The number of nitrogens with one attached hydrogen (secondary N) is 1. The molecule has 0 aromatic carbocycles. The Bertz CT molecular complexity index is 780. The Labute approximate surface area is 147 Å². The molecule has 4 atom stereocenters. The fraction of sp³-hybridized carbons (Fsp3) is 0.526. The molecule has 0 saturated heterocycles. The second kappa shape index (κ2) is 6.26. The molecule has 1 amide bonds. The third-order valence-electron chi connectivity index (χ3n) is 5.79. The fourth-order valence-corrected chi connectivity index (χ4v) is 4.54. The first-order chi connectivity index (χ1) is 12.0. The summed E-state index contributed by atoms with van der Waals surface area (Å²) in [6.45, 7) is 4.46. The zero-order valence-electron chi connectivity index (χ0n) is 14.8. The molecule has 25 heavy (non-hydrogen) atoms. The number of rotatable bonds is 4. The lowest BCUT2D eigenvalue weighted by Crippen LogP contribution is -2.45. The first kappa shape index (κ1) is 16.3. The Balaban J connectivity index is 1.39. The second-order valence-corrected chi connectivity index (χ2v) is 7.52. The van der Waals surface area contributed by atoms with Crippen molar-refractivity contribution in [2.24, 2.45) is 23.5 Å². The largest absolute Gasteiger partial charge is 0.352 e. The summed E-state index contributed by atoms with van der Waals surface area (Å²) in [5.74, 6) is 1.90. The molecule has 4 rings (SSSR count). The smallest absolute Gasteiger partial charge is 0.225 e. The highest BCUT2D eigenvalue weighted by Crippen LogP contribution is 2.47. The molecule has 6 nitrogen and oxygen atoms in total. The zero-order chi connectivity index (χ0) is 17.6. The maximum atomic E-state index is 12.5. The maximum absolute atomic E-state index is 12.5. The molecule has 2 bridgehead atoms. The van der Waals surface area contributed by atoms with Gasteiger partial charge in [0.1, 0.15) is 0 Å². The molecule has 0 spiro atoms. The van der Waals surface area contributed by atoms with Gasteiger partial charge in [0.05, 0.1) is 11.6 Å². The van der Waals surface area contributed by atoms with Gasteiger partial charge in [0.25, 0.3) is 0 Å². The number of nitrogens with two attached hydrogens (primary N) is 1. The van der Waals surface area contributed by atoms with E-state index in [0.717, 1.165) is 35.6 Å². The number of amides is 1. The predicted octanol–water partition coefficient (Wildman–Crippen LogP) is 1.87. The van der Waals surface area contributed by atoms with Gasteiger partial charge in [-0.2, -0.15) is 5.10 Å². The Morgan fingerprint density at radius 3 is 2.72 bits per heavy atom. The molecular weight excluding hydrogens is 314 g/mol. The number of hydrogen-bond donors (Lipinski definition) is 2. The number of aromatic nitrogens is 3. The molecule has 2 aliphatic rings. The van der Waals surface area contributed by atoms with E-state index in [1.807, 2.05) is 36.7 Å². The van der Waals surface area contributed by atoms with Crippen molar-refractivity contribution in [3.8, 4) is 5.82 Å². The summed E-state index contributed by atoms with van der Waals surface area (Å²) in [6.07, 6.45) is 5.26. The molecule has 6 heteroatoms. The highest BCUT2D eigenvalue weighted by molar-refractivity contribution is 5.80. The van der Waals surface area contributed by atoms with Crippen molar-refractivity contribution in [2.45, 2.75) is 45.7 Å². The predicted molar refractivity (Wildman–Crippen MR) is 95.0 cm³/mol. The van der Waals surface area contributed by atoms with Crippen molar-refractivity contribution < 1.29 is 4.79 Å². The van der Waals surface area contributed by atoms with E-state index in [0.29, 0.717) is 18.4 Å². The summed E-state index contributed by atoms with van der Waals surface area (Å²) in [7, 11) is 0. The number of pyridine rings is 1. The molecule has 2 aliphatic carbocycles. The van der Waals surface area contributed by atoms with Crippen LogP contribution in [-0.4, -0.2) is 26.7 Å². The number of nitrogens with zero attached hydrogens (tertiary/aromatic N) is 3. The minimum Gasteiger partial charge on any atom is -0.352 e. The molecule has 2 heterocycles. The van der Waals surface area contributed by atoms with Gasteiger partial charge in [-0.15, -0.1) is 0 Å². The van der Waals surface area contributed by atoms with E-state index in [-0.39, 0.29) is 17.9 Å². The van der Waals surface area contributed by atoms with Crippen LogP contribution in [0.4, 0.5) is 0 Å². The van der Waals surface area contributed by atoms with Gasteiger partial charge in [-0.1, -0.05) is 6.07 Å². The van der Waals surface area contributed by atoms with Crippen LogP contribution in [0, 0.1) is 31.6 Å². The summed E-state index contributed by atoms with van der Waals surface area (Å²) >= 11 is 0. The van der Waals surface area contributed by atoms with E-state index < -0.39 is 0 Å². The number of hydrogen-bond acceptors (Lipinski definition) is 4. The van der Waals surface area contributed by atoms with Crippen molar-refractivity contribution in [2.75, 3.05) is 0 Å². The minimum absolute atomic E-state index is 0.0133. The number of carbonyl (C=O) groups excluding carboxylic acids is 1. The average Bonchev–Trinajstić information content (AvgIpc) is 3.28. The van der Waals surface area contributed by atoms with Crippen LogP contribution >= 0.6 is 0 Å². The summed E-state index contributed by atoms with van der Waals surface area (Å²) in [5.41, 5.74) is 9.26.